The van der Waals surface area contributed by atoms with Gasteiger partial charge in [0.2, 0.25) is 0 Å². The van der Waals surface area contributed by atoms with Gasteiger partial charge in [0.1, 0.15) is 5.84 Å². The first-order valence-electron chi connectivity index (χ1n) is 9.87. The Morgan fingerprint density at radius 2 is 1.68 bits per heavy atom. The minimum Gasteiger partial charge on any atom is -0.344 e. The lowest BCUT2D eigenvalue weighted by atomic mass is 10.1. The normalized spacial score (nSPS) is 13.1. The van der Waals surface area contributed by atoms with Crippen LogP contribution in [0.1, 0.15) is 55.6 Å². The molecule has 2 rings (SSSR count). The van der Waals surface area contributed by atoms with Gasteiger partial charge >= 0.3 is 0 Å². The number of rotatable bonds is 8. The molecule has 0 amide bonds. The number of carbonyl (C=O) groups is 1. The van der Waals surface area contributed by atoms with Gasteiger partial charge in [0.25, 0.3) is 0 Å². The molecule has 3 nitrogen and oxygen atoms in total. The lowest BCUT2D eigenvalue weighted by Crippen LogP contribution is -2.20. The van der Waals surface area contributed by atoms with Gasteiger partial charge in [-0.05, 0) is 55.7 Å². The van der Waals surface area contributed by atoms with E-state index in [2.05, 4.69) is 56.9 Å². The number of hydrogen-bond acceptors (Lipinski definition) is 2. The highest BCUT2D eigenvalue weighted by molar-refractivity contribution is 6.01. The maximum absolute atomic E-state index is 11.5. The second kappa shape index (κ2) is 10.4. The third-order valence-corrected chi connectivity index (χ3v) is 4.82. The van der Waals surface area contributed by atoms with Crippen molar-refractivity contribution in [1.82, 2.24) is 0 Å². The van der Waals surface area contributed by atoms with Crippen LogP contribution in [0.5, 0.6) is 0 Å². The van der Waals surface area contributed by atoms with E-state index in [9.17, 15) is 4.79 Å². The van der Waals surface area contributed by atoms with E-state index in [0.29, 0.717) is 5.56 Å². The molecule has 0 aliphatic rings. The first-order valence-corrected chi connectivity index (χ1v) is 9.87. The third kappa shape index (κ3) is 5.78. The monoisotopic (exact) mass is 374 g/mol. The van der Waals surface area contributed by atoms with E-state index >= 15 is 0 Å². The fourth-order valence-electron chi connectivity index (χ4n) is 2.74. The summed E-state index contributed by atoms with van der Waals surface area (Å²) >= 11 is 0. The molecule has 0 heterocycles. The maximum atomic E-state index is 11.5. The lowest BCUT2D eigenvalue weighted by molar-refractivity contribution is 0.101. The summed E-state index contributed by atoms with van der Waals surface area (Å²) in [4.78, 5) is 16.4. The Bertz CT molecular complexity index is 858. The maximum Gasteiger partial charge on any atom is 0.159 e. The number of ketones is 1. The molecule has 1 atom stereocenters. The number of amidine groups is 1. The van der Waals surface area contributed by atoms with Crippen molar-refractivity contribution in [1.29, 1.82) is 0 Å². The van der Waals surface area contributed by atoms with Crippen molar-refractivity contribution in [2.24, 2.45) is 10.9 Å². The van der Waals surface area contributed by atoms with Crippen LogP contribution in [-0.4, -0.2) is 11.6 Å². The third-order valence-electron chi connectivity index (χ3n) is 4.82. The van der Waals surface area contributed by atoms with Crippen LogP contribution in [0.15, 0.2) is 72.3 Å². The average Bonchev–Trinajstić information content (AvgIpc) is 2.72. The lowest BCUT2D eigenvalue weighted by Gasteiger charge is -2.17. The number of carbonyl (C=O) groups excluding carboxylic acids is 1. The van der Waals surface area contributed by atoms with Gasteiger partial charge < -0.3 is 5.32 Å². The summed E-state index contributed by atoms with van der Waals surface area (Å²) in [6.07, 6.45) is 5.68. The molecule has 0 saturated carbocycles. The molecule has 0 aliphatic carbocycles. The molecular weight excluding hydrogens is 344 g/mol. The number of Topliss-reactive ketones (excluding diaryl/α,β-unsaturated/α-hetero) is 1. The number of nitrogens with zero attached hydrogens (tertiary/aromatic N) is 1. The summed E-state index contributed by atoms with van der Waals surface area (Å²) in [7, 11) is 0. The molecule has 146 valence electrons. The first-order chi connectivity index (χ1) is 13.5. The number of nitrogens with one attached hydrogen (secondary N) is 1. The summed E-state index contributed by atoms with van der Waals surface area (Å²) in [5, 5.41) is 3.44. The minimum absolute atomic E-state index is 0.0640. The Balaban J connectivity index is 2.37. The van der Waals surface area contributed by atoms with Gasteiger partial charge in [-0.15, -0.1) is 0 Å². The predicted molar refractivity (Wildman–Crippen MR) is 121 cm³/mol. The fourth-order valence-corrected chi connectivity index (χ4v) is 2.74. The van der Waals surface area contributed by atoms with Crippen LogP contribution >= 0.6 is 0 Å². The average molecular weight is 375 g/mol. The Morgan fingerprint density at radius 1 is 1.07 bits per heavy atom. The van der Waals surface area contributed by atoms with Crippen molar-refractivity contribution < 1.29 is 4.79 Å². The van der Waals surface area contributed by atoms with E-state index in [4.69, 9.17) is 4.99 Å². The molecule has 2 aromatic rings. The Labute approximate surface area is 168 Å². The molecule has 0 saturated heterocycles. The molecular formula is C25H30N2O. The van der Waals surface area contributed by atoms with Crippen LogP contribution in [0.25, 0.3) is 5.70 Å². The van der Waals surface area contributed by atoms with E-state index in [1.807, 2.05) is 30.3 Å². The molecule has 3 heteroatoms. The largest absolute Gasteiger partial charge is 0.344 e. The minimum atomic E-state index is 0.0640. The number of anilines is 1. The van der Waals surface area contributed by atoms with Crippen molar-refractivity contribution in [2.45, 2.75) is 40.5 Å². The van der Waals surface area contributed by atoms with Crippen LogP contribution in [0, 0.1) is 5.92 Å². The van der Waals surface area contributed by atoms with Gasteiger partial charge in [-0.25, -0.2) is 4.99 Å². The van der Waals surface area contributed by atoms with Crippen molar-refractivity contribution in [3.05, 3.63) is 84.0 Å². The molecule has 0 bridgehead atoms. The van der Waals surface area contributed by atoms with Gasteiger partial charge in [0.15, 0.2) is 5.78 Å². The number of aliphatic imine (C=N–C) groups is 1. The molecule has 0 radical (unpaired) electrons. The van der Waals surface area contributed by atoms with Crippen molar-refractivity contribution in [2.75, 3.05) is 5.32 Å². The number of benzene rings is 2. The zero-order valence-electron chi connectivity index (χ0n) is 17.3. The number of aryl methyl sites for hydroxylation is 1. The predicted octanol–water partition coefficient (Wildman–Crippen LogP) is 6.54. The van der Waals surface area contributed by atoms with Crippen LogP contribution < -0.4 is 5.32 Å². The zero-order chi connectivity index (χ0) is 20.5. The smallest absolute Gasteiger partial charge is 0.159 e. The second-order valence-electron chi connectivity index (χ2n) is 6.90. The van der Waals surface area contributed by atoms with E-state index in [1.54, 1.807) is 13.0 Å². The zero-order valence-corrected chi connectivity index (χ0v) is 17.3. The van der Waals surface area contributed by atoms with Crippen LogP contribution in [0.4, 0.5) is 5.69 Å². The van der Waals surface area contributed by atoms with Crippen LogP contribution in [0.3, 0.4) is 0 Å². The second-order valence-corrected chi connectivity index (χ2v) is 6.90. The summed E-state index contributed by atoms with van der Waals surface area (Å²) in [6, 6.07) is 16.0. The van der Waals surface area contributed by atoms with Gasteiger partial charge in [0, 0.05) is 22.7 Å². The molecule has 0 fully saturated rings. The molecule has 0 aliphatic heterocycles. The standard InChI is InChI=1S/C25H30N2O/c1-6-9-24(22-12-10-20(8-3)11-13-22)27-25(18(4)7-2)26-23-16-14-21(15-17-23)19(5)28/h6,9-18H,1,7-8H2,2-5H3,(H,26,27)/b24-9-. The SMILES string of the molecule is C=C/C=C(\N=C(Nc1ccc(C(C)=O)cc1)C(C)CC)c1ccc(CC)cc1. The highest BCUT2D eigenvalue weighted by atomic mass is 16.1. The van der Waals surface area contributed by atoms with E-state index < -0.39 is 0 Å². The Kier molecular flexibility index (Phi) is 7.94. The van der Waals surface area contributed by atoms with Crippen molar-refractivity contribution in [3.63, 3.8) is 0 Å². The Hall–Kier alpha value is -2.94. The quantitative estimate of drug-likeness (QED) is 0.247. The van der Waals surface area contributed by atoms with E-state index in [0.717, 1.165) is 35.6 Å². The number of hydrogen-bond donors (Lipinski definition) is 1. The first kappa shape index (κ1) is 21.4. The topological polar surface area (TPSA) is 41.5 Å². The molecule has 2 aromatic carbocycles. The molecule has 1 unspecified atom stereocenters. The molecule has 28 heavy (non-hydrogen) atoms. The molecule has 0 aromatic heterocycles. The van der Waals surface area contributed by atoms with Crippen LogP contribution in [-0.2, 0) is 6.42 Å². The summed E-state index contributed by atoms with van der Waals surface area (Å²) in [5.41, 5.74) is 4.86. The summed E-state index contributed by atoms with van der Waals surface area (Å²) in [5.74, 6) is 1.22. The number of allylic oxidation sites excluding steroid dienone is 2. The van der Waals surface area contributed by atoms with Crippen molar-refractivity contribution >= 4 is 23.0 Å². The molecule has 0 spiro atoms. The highest BCUT2D eigenvalue weighted by Gasteiger charge is 2.11. The fraction of sp³-hybridized carbons (Fsp3) is 0.280. The highest BCUT2D eigenvalue weighted by Crippen LogP contribution is 2.21. The Morgan fingerprint density at radius 3 is 2.18 bits per heavy atom. The van der Waals surface area contributed by atoms with E-state index in [1.165, 1.54) is 5.56 Å². The van der Waals surface area contributed by atoms with E-state index in [-0.39, 0.29) is 11.7 Å². The van der Waals surface area contributed by atoms with Gasteiger partial charge in [0.05, 0.1) is 5.70 Å². The summed E-state index contributed by atoms with van der Waals surface area (Å²) < 4.78 is 0. The summed E-state index contributed by atoms with van der Waals surface area (Å²) in [6.45, 7) is 11.9. The van der Waals surface area contributed by atoms with Gasteiger partial charge in [-0.2, -0.15) is 0 Å². The molecule has 1 N–H and O–H groups in total. The van der Waals surface area contributed by atoms with Gasteiger partial charge in [-0.1, -0.05) is 57.7 Å². The van der Waals surface area contributed by atoms with Crippen molar-refractivity contribution in [3.8, 4) is 0 Å². The van der Waals surface area contributed by atoms with Crippen LogP contribution in [0.2, 0.25) is 0 Å². The van der Waals surface area contributed by atoms with Gasteiger partial charge in [-0.3, -0.25) is 4.79 Å².